The lowest BCUT2D eigenvalue weighted by atomic mass is 10.2. The van der Waals surface area contributed by atoms with Gasteiger partial charge in [-0.1, -0.05) is 0 Å². The number of rotatable bonds is 3. The Hall–Kier alpha value is -2.24. The van der Waals surface area contributed by atoms with Crippen LogP contribution in [0.15, 0.2) is 22.0 Å². The molecule has 0 amide bonds. The molecule has 0 saturated carbocycles. The lowest BCUT2D eigenvalue weighted by Crippen LogP contribution is -2.19. The number of aromatic nitrogens is 2. The van der Waals surface area contributed by atoms with E-state index >= 15 is 0 Å². The van der Waals surface area contributed by atoms with Gasteiger partial charge in [0.05, 0.1) is 18.1 Å². The molecule has 2 aromatic rings. The van der Waals surface area contributed by atoms with Crippen LogP contribution in [0, 0.1) is 0 Å². The Morgan fingerprint density at radius 3 is 2.32 bits per heavy atom. The zero-order chi connectivity index (χ0) is 14.2. The summed E-state index contributed by atoms with van der Waals surface area (Å²) in [6.07, 6.45) is 0. The number of nitrogens with zero attached hydrogens (tertiary/aromatic N) is 3. The van der Waals surface area contributed by atoms with E-state index in [0.717, 1.165) is 22.4 Å². The Morgan fingerprint density at radius 2 is 1.79 bits per heavy atom. The lowest BCUT2D eigenvalue weighted by Gasteiger charge is -2.09. The molecule has 1 aromatic heterocycles. The van der Waals surface area contributed by atoms with Crippen LogP contribution in [0.3, 0.4) is 0 Å². The third-order valence-electron chi connectivity index (χ3n) is 2.99. The van der Waals surface area contributed by atoms with Gasteiger partial charge in [0.25, 0.3) is 0 Å². The van der Waals surface area contributed by atoms with Gasteiger partial charge in [-0.3, -0.25) is 14.6 Å². The van der Waals surface area contributed by atoms with Gasteiger partial charge >= 0.3 is 5.69 Å². The molecule has 0 unspecified atom stereocenters. The Kier molecular flexibility index (Phi) is 3.33. The zero-order valence-electron chi connectivity index (χ0n) is 11.8. The first-order valence-electron chi connectivity index (χ1n) is 5.96. The minimum atomic E-state index is -0.0654. The highest BCUT2D eigenvalue weighted by molar-refractivity contribution is 5.85. The monoisotopic (exact) mass is 262 g/mol. The van der Waals surface area contributed by atoms with Crippen molar-refractivity contribution in [3.05, 3.63) is 22.6 Å². The first-order valence-corrected chi connectivity index (χ1v) is 5.96. The number of hydrazone groups is 1. The van der Waals surface area contributed by atoms with E-state index in [-0.39, 0.29) is 5.69 Å². The van der Waals surface area contributed by atoms with E-state index in [4.69, 9.17) is 4.74 Å². The maximum Gasteiger partial charge on any atom is 0.328 e. The smallest absolute Gasteiger partial charge is 0.328 e. The largest absolute Gasteiger partial charge is 0.494 e. The minimum Gasteiger partial charge on any atom is -0.494 e. The van der Waals surface area contributed by atoms with Crippen molar-refractivity contribution in [2.45, 2.75) is 13.8 Å². The van der Waals surface area contributed by atoms with Crippen LogP contribution in [-0.4, -0.2) is 22.0 Å². The lowest BCUT2D eigenvalue weighted by molar-refractivity contribution is 0.417. The number of ether oxygens (including phenoxy) is 1. The van der Waals surface area contributed by atoms with Gasteiger partial charge in [0.1, 0.15) is 11.4 Å². The van der Waals surface area contributed by atoms with Crippen LogP contribution < -0.4 is 15.9 Å². The van der Waals surface area contributed by atoms with Crippen LogP contribution in [0.4, 0.5) is 5.69 Å². The topological polar surface area (TPSA) is 60.5 Å². The molecule has 1 N–H and O–H groups in total. The van der Waals surface area contributed by atoms with Crippen molar-refractivity contribution in [2.24, 2.45) is 19.2 Å². The van der Waals surface area contributed by atoms with Crippen molar-refractivity contribution >= 4 is 22.4 Å². The first-order chi connectivity index (χ1) is 8.95. The predicted octanol–water partition coefficient (Wildman–Crippen LogP) is 1.69. The predicted molar refractivity (Wildman–Crippen MR) is 77.1 cm³/mol. The number of aryl methyl sites for hydroxylation is 2. The molecular formula is C13H18N4O2. The fourth-order valence-electron chi connectivity index (χ4n) is 1.95. The van der Waals surface area contributed by atoms with Gasteiger partial charge in [-0.25, -0.2) is 4.79 Å². The van der Waals surface area contributed by atoms with Gasteiger partial charge in [-0.2, -0.15) is 5.10 Å². The van der Waals surface area contributed by atoms with Crippen LogP contribution in [0.5, 0.6) is 5.75 Å². The Bertz CT molecular complexity index is 705. The van der Waals surface area contributed by atoms with E-state index in [1.165, 1.54) is 0 Å². The summed E-state index contributed by atoms with van der Waals surface area (Å²) in [5, 5.41) is 4.16. The minimum absolute atomic E-state index is 0.0654. The third-order valence-corrected chi connectivity index (χ3v) is 2.99. The van der Waals surface area contributed by atoms with Crippen molar-refractivity contribution < 1.29 is 4.74 Å². The average Bonchev–Trinajstić information content (AvgIpc) is 2.60. The standard InChI is InChI=1S/C13H18N4O2/c1-8(2)14-15-9-6-10-11(7-12(9)19-5)17(4)13(18)16(10)3/h6-7,15H,1-5H3. The van der Waals surface area contributed by atoms with E-state index in [1.54, 1.807) is 30.3 Å². The fourth-order valence-corrected chi connectivity index (χ4v) is 1.95. The summed E-state index contributed by atoms with van der Waals surface area (Å²) in [4.78, 5) is 11.9. The molecule has 102 valence electrons. The molecule has 6 heteroatoms. The number of fused-ring (bicyclic) bond motifs is 1. The first kappa shape index (κ1) is 13.2. The summed E-state index contributed by atoms with van der Waals surface area (Å²) < 4.78 is 8.53. The molecule has 0 atom stereocenters. The third kappa shape index (κ3) is 2.21. The normalized spacial score (nSPS) is 10.6. The van der Waals surface area contributed by atoms with Crippen molar-refractivity contribution in [3.63, 3.8) is 0 Å². The summed E-state index contributed by atoms with van der Waals surface area (Å²) >= 11 is 0. The SMILES string of the molecule is COc1cc2c(cc1NN=C(C)C)n(C)c(=O)n2C. The highest BCUT2D eigenvalue weighted by Gasteiger charge is 2.12. The van der Waals surface area contributed by atoms with Crippen LogP contribution >= 0.6 is 0 Å². The molecule has 0 aliphatic carbocycles. The molecule has 0 saturated heterocycles. The summed E-state index contributed by atoms with van der Waals surface area (Å²) in [5.41, 5.74) is 6.18. The van der Waals surface area contributed by atoms with Crippen molar-refractivity contribution in [3.8, 4) is 5.75 Å². The van der Waals surface area contributed by atoms with Gasteiger partial charge in [0.15, 0.2) is 0 Å². The Balaban J connectivity index is 2.68. The van der Waals surface area contributed by atoms with E-state index < -0.39 is 0 Å². The molecule has 2 rings (SSSR count). The number of methoxy groups -OCH3 is 1. The molecule has 6 nitrogen and oxygen atoms in total. The average molecular weight is 262 g/mol. The zero-order valence-corrected chi connectivity index (χ0v) is 11.8. The summed E-state index contributed by atoms with van der Waals surface area (Å²) in [7, 11) is 5.08. The number of nitrogens with one attached hydrogen (secondary N) is 1. The van der Waals surface area contributed by atoms with Crippen molar-refractivity contribution in [2.75, 3.05) is 12.5 Å². The van der Waals surface area contributed by atoms with Gasteiger partial charge < -0.3 is 4.74 Å². The molecule has 0 aliphatic rings. The summed E-state index contributed by atoms with van der Waals surface area (Å²) in [6.45, 7) is 3.80. The molecule has 0 radical (unpaired) electrons. The number of hydrogen-bond acceptors (Lipinski definition) is 4. The van der Waals surface area contributed by atoms with Gasteiger partial charge in [-0.15, -0.1) is 0 Å². The van der Waals surface area contributed by atoms with Crippen LogP contribution in [0.25, 0.3) is 11.0 Å². The second-order valence-corrected chi connectivity index (χ2v) is 4.61. The molecule has 19 heavy (non-hydrogen) atoms. The maximum absolute atomic E-state index is 11.9. The fraction of sp³-hybridized carbons (Fsp3) is 0.385. The summed E-state index contributed by atoms with van der Waals surface area (Å²) in [5.74, 6) is 0.652. The van der Waals surface area contributed by atoms with Gasteiger partial charge in [-0.05, 0) is 19.9 Å². The Labute approximate surface area is 111 Å². The van der Waals surface area contributed by atoms with Gasteiger partial charge in [0, 0.05) is 25.9 Å². The van der Waals surface area contributed by atoms with Crippen LogP contribution in [0.1, 0.15) is 13.8 Å². The van der Waals surface area contributed by atoms with Crippen molar-refractivity contribution in [1.82, 2.24) is 9.13 Å². The highest BCUT2D eigenvalue weighted by atomic mass is 16.5. The molecule has 1 heterocycles. The van der Waals surface area contributed by atoms with Gasteiger partial charge in [0.2, 0.25) is 0 Å². The van der Waals surface area contributed by atoms with Crippen LogP contribution in [0.2, 0.25) is 0 Å². The second-order valence-electron chi connectivity index (χ2n) is 4.61. The number of hydrogen-bond donors (Lipinski definition) is 1. The second kappa shape index (κ2) is 4.79. The summed E-state index contributed by atoms with van der Waals surface area (Å²) in [6, 6.07) is 3.70. The molecule has 0 fully saturated rings. The van der Waals surface area contributed by atoms with E-state index in [2.05, 4.69) is 10.5 Å². The quantitative estimate of drug-likeness (QED) is 0.676. The molecule has 0 bridgehead atoms. The molecule has 0 aliphatic heterocycles. The Morgan fingerprint density at radius 1 is 1.21 bits per heavy atom. The maximum atomic E-state index is 11.9. The molecule has 0 spiro atoms. The van der Waals surface area contributed by atoms with Crippen molar-refractivity contribution in [1.29, 1.82) is 0 Å². The van der Waals surface area contributed by atoms with Crippen LogP contribution in [-0.2, 0) is 14.1 Å². The van der Waals surface area contributed by atoms with E-state index in [1.807, 2.05) is 26.0 Å². The highest BCUT2D eigenvalue weighted by Crippen LogP contribution is 2.29. The van der Waals surface area contributed by atoms with E-state index in [9.17, 15) is 4.79 Å². The molecule has 1 aromatic carbocycles. The molecular weight excluding hydrogens is 244 g/mol. The number of imidazole rings is 1. The number of benzene rings is 1. The van der Waals surface area contributed by atoms with E-state index in [0.29, 0.717) is 5.75 Å². The number of anilines is 1.